The SMILES string of the molecule is O=C(Nc1ccc2c(c1)CNC2=O)c1cccnc1. The summed E-state index contributed by atoms with van der Waals surface area (Å²) in [5.74, 6) is -0.287. The van der Waals surface area contributed by atoms with E-state index in [9.17, 15) is 9.59 Å². The number of nitrogens with zero attached hydrogens (tertiary/aromatic N) is 1. The molecule has 0 fully saturated rings. The third-order valence-electron chi connectivity index (χ3n) is 2.97. The second-order valence-electron chi connectivity index (χ2n) is 4.25. The summed E-state index contributed by atoms with van der Waals surface area (Å²) in [6.45, 7) is 0.505. The third kappa shape index (κ3) is 2.18. The number of carbonyl (C=O) groups excluding carboxylic acids is 2. The van der Waals surface area contributed by atoms with Gasteiger partial charge in [-0.05, 0) is 35.9 Å². The number of pyridine rings is 1. The van der Waals surface area contributed by atoms with Crippen LogP contribution in [0.1, 0.15) is 26.3 Å². The van der Waals surface area contributed by atoms with Crippen molar-refractivity contribution in [1.82, 2.24) is 10.3 Å². The number of aromatic nitrogens is 1. The first kappa shape index (κ1) is 11.4. The number of hydrogen-bond acceptors (Lipinski definition) is 3. The summed E-state index contributed by atoms with van der Waals surface area (Å²) in [5.41, 5.74) is 2.73. The molecule has 19 heavy (non-hydrogen) atoms. The summed E-state index contributed by atoms with van der Waals surface area (Å²) in [7, 11) is 0. The van der Waals surface area contributed by atoms with Crippen LogP contribution in [0.3, 0.4) is 0 Å². The van der Waals surface area contributed by atoms with Crippen molar-refractivity contribution in [3.8, 4) is 0 Å². The number of fused-ring (bicyclic) bond motifs is 1. The first-order chi connectivity index (χ1) is 9.24. The van der Waals surface area contributed by atoms with Gasteiger partial charge in [-0.2, -0.15) is 0 Å². The van der Waals surface area contributed by atoms with Crippen molar-refractivity contribution in [3.05, 3.63) is 59.4 Å². The molecule has 2 aromatic rings. The van der Waals surface area contributed by atoms with Gasteiger partial charge in [0.2, 0.25) is 0 Å². The van der Waals surface area contributed by atoms with Crippen LogP contribution in [0.5, 0.6) is 0 Å². The lowest BCUT2D eigenvalue weighted by molar-refractivity contribution is 0.0965. The molecule has 0 bridgehead atoms. The fraction of sp³-hybridized carbons (Fsp3) is 0.0714. The standard InChI is InChI=1S/C14H11N3O2/c18-13(9-2-1-5-15-7-9)17-11-3-4-12-10(6-11)8-16-14(12)19/h1-7H,8H2,(H,16,19)(H,17,18). The first-order valence-electron chi connectivity index (χ1n) is 5.86. The summed E-state index contributed by atoms with van der Waals surface area (Å²) < 4.78 is 0. The van der Waals surface area contributed by atoms with Gasteiger partial charge in [0.15, 0.2) is 0 Å². The van der Waals surface area contributed by atoms with E-state index in [0.29, 0.717) is 23.4 Å². The Morgan fingerprint density at radius 2 is 2.21 bits per heavy atom. The molecule has 0 unspecified atom stereocenters. The lowest BCUT2D eigenvalue weighted by atomic mass is 10.1. The van der Waals surface area contributed by atoms with Gasteiger partial charge in [0.1, 0.15) is 0 Å². The van der Waals surface area contributed by atoms with E-state index < -0.39 is 0 Å². The minimum atomic E-state index is -0.217. The fourth-order valence-electron chi connectivity index (χ4n) is 2.01. The Kier molecular flexibility index (Phi) is 2.72. The molecule has 5 heteroatoms. The summed E-state index contributed by atoms with van der Waals surface area (Å²) >= 11 is 0. The van der Waals surface area contributed by atoms with Crippen molar-refractivity contribution in [3.63, 3.8) is 0 Å². The number of carbonyl (C=O) groups is 2. The normalized spacial score (nSPS) is 12.7. The van der Waals surface area contributed by atoms with Gasteiger partial charge in [-0.3, -0.25) is 14.6 Å². The number of benzene rings is 1. The molecule has 0 spiro atoms. The van der Waals surface area contributed by atoms with Gasteiger partial charge in [0, 0.05) is 30.2 Å². The smallest absolute Gasteiger partial charge is 0.257 e. The van der Waals surface area contributed by atoms with E-state index in [1.54, 1.807) is 30.5 Å². The van der Waals surface area contributed by atoms with Crippen LogP contribution in [0.2, 0.25) is 0 Å². The van der Waals surface area contributed by atoms with Crippen LogP contribution in [-0.4, -0.2) is 16.8 Å². The Hall–Kier alpha value is -2.69. The van der Waals surface area contributed by atoms with Gasteiger partial charge in [-0.25, -0.2) is 0 Å². The summed E-state index contributed by atoms with van der Waals surface area (Å²) in [6, 6.07) is 8.65. The zero-order chi connectivity index (χ0) is 13.2. The Morgan fingerprint density at radius 1 is 1.32 bits per heavy atom. The molecular weight excluding hydrogens is 242 g/mol. The summed E-state index contributed by atoms with van der Waals surface area (Å²) in [4.78, 5) is 27.3. The van der Waals surface area contributed by atoms with Crippen molar-refractivity contribution >= 4 is 17.5 Å². The molecule has 1 aliphatic heterocycles. The molecule has 94 valence electrons. The van der Waals surface area contributed by atoms with Crippen molar-refractivity contribution in [2.45, 2.75) is 6.54 Å². The predicted molar refractivity (Wildman–Crippen MR) is 69.8 cm³/mol. The molecule has 0 saturated heterocycles. The average Bonchev–Trinajstić information content (AvgIpc) is 2.81. The summed E-state index contributed by atoms with van der Waals surface area (Å²) in [6.07, 6.45) is 3.12. The molecule has 0 atom stereocenters. The molecule has 2 N–H and O–H groups in total. The van der Waals surface area contributed by atoms with Gasteiger partial charge >= 0.3 is 0 Å². The molecule has 2 heterocycles. The van der Waals surface area contributed by atoms with Crippen molar-refractivity contribution in [1.29, 1.82) is 0 Å². The van der Waals surface area contributed by atoms with Gasteiger partial charge < -0.3 is 10.6 Å². The zero-order valence-electron chi connectivity index (χ0n) is 10.0. The maximum Gasteiger partial charge on any atom is 0.257 e. The first-order valence-corrected chi connectivity index (χ1v) is 5.86. The van der Waals surface area contributed by atoms with Crippen LogP contribution in [0.15, 0.2) is 42.7 Å². The number of nitrogens with one attached hydrogen (secondary N) is 2. The second-order valence-corrected chi connectivity index (χ2v) is 4.25. The maximum absolute atomic E-state index is 11.9. The second kappa shape index (κ2) is 4.53. The Balaban J connectivity index is 1.81. The van der Waals surface area contributed by atoms with E-state index in [-0.39, 0.29) is 11.8 Å². The van der Waals surface area contributed by atoms with Crippen LogP contribution in [0.4, 0.5) is 5.69 Å². The Morgan fingerprint density at radius 3 is 3.00 bits per heavy atom. The van der Waals surface area contributed by atoms with Crippen LogP contribution in [0.25, 0.3) is 0 Å². The van der Waals surface area contributed by atoms with E-state index in [2.05, 4.69) is 15.6 Å². The average molecular weight is 253 g/mol. The molecule has 1 aliphatic rings. The van der Waals surface area contributed by atoms with Crippen molar-refractivity contribution in [2.24, 2.45) is 0 Å². The van der Waals surface area contributed by atoms with E-state index in [1.165, 1.54) is 6.20 Å². The minimum absolute atomic E-state index is 0.0693. The molecule has 1 aromatic carbocycles. The van der Waals surface area contributed by atoms with E-state index in [4.69, 9.17) is 0 Å². The maximum atomic E-state index is 11.9. The van der Waals surface area contributed by atoms with Crippen LogP contribution >= 0.6 is 0 Å². The topological polar surface area (TPSA) is 71.1 Å². The zero-order valence-corrected chi connectivity index (χ0v) is 10.0. The highest BCUT2D eigenvalue weighted by atomic mass is 16.2. The molecule has 0 radical (unpaired) electrons. The van der Waals surface area contributed by atoms with E-state index in [1.807, 2.05) is 6.07 Å². The minimum Gasteiger partial charge on any atom is -0.348 e. The van der Waals surface area contributed by atoms with Gasteiger partial charge in [0.05, 0.1) is 5.56 Å². The molecule has 3 rings (SSSR count). The highest BCUT2D eigenvalue weighted by Gasteiger charge is 2.18. The third-order valence-corrected chi connectivity index (χ3v) is 2.97. The molecule has 1 aromatic heterocycles. The van der Waals surface area contributed by atoms with Crippen LogP contribution in [0, 0.1) is 0 Å². The van der Waals surface area contributed by atoms with E-state index in [0.717, 1.165) is 5.56 Å². The Bertz CT molecular complexity index is 653. The molecular formula is C14H11N3O2. The molecule has 0 aliphatic carbocycles. The number of hydrogen-bond donors (Lipinski definition) is 2. The lowest BCUT2D eigenvalue weighted by Crippen LogP contribution is -2.12. The Labute approximate surface area is 109 Å². The highest BCUT2D eigenvalue weighted by molar-refractivity contribution is 6.05. The largest absolute Gasteiger partial charge is 0.348 e. The van der Waals surface area contributed by atoms with Crippen LogP contribution < -0.4 is 10.6 Å². The molecule has 0 saturated carbocycles. The quantitative estimate of drug-likeness (QED) is 0.853. The number of rotatable bonds is 2. The molecule has 2 amide bonds. The molecule has 5 nitrogen and oxygen atoms in total. The van der Waals surface area contributed by atoms with E-state index >= 15 is 0 Å². The lowest BCUT2D eigenvalue weighted by Gasteiger charge is -2.06. The fourth-order valence-corrected chi connectivity index (χ4v) is 2.01. The van der Waals surface area contributed by atoms with Gasteiger partial charge in [-0.15, -0.1) is 0 Å². The van der Waals surface area contributed by atoms with Gasteiger partial charge in [0.25, 0.3) is 11.8 Å². The predicted octanol–water partition coefficient (Wildman–Crippen LogP) is 1.58. The number of anilines is 1. The monoisotopic (exact) mass is 253 g/mol. The highest BCUT2D eigenvalue weighted by Crippen LogP contribution is 2.20. The summed E-state index contributed by atoms with van der Waals surface area (Å²) in [5, 5.41) is 5.52. The van der Waals surface area contributed by atoms with Gasteiger partial charge in [-0.1, -0.05) is 0 Å². The number of amides is 2. The van der Waals surface area contributed by atoms with Crippen molar-refractivity contribution < 1.29 is 9.59 Å². The van der Waals surface area contributed by atoms with Crippen molar-refractivity contribution in [2.75, 3.05) is 5.32 Å². The van der Waals surface area contributed by atoms with Crippen LogP contribution in [-0.2, 0) is 6.54 Å².